The van der Waals surface area contributed by atoms with Crippen molar-refractivity contribution in [3.8, 4) is 5.75 Å². The van der Waals surface area contributed by atoms with E-state index in [0.717, 1.165) is 44.0 Å². The average molecular weight is 259 g/mol. The largest absolute Gasteiger partial charge is 0.494 e. The van der Waals surface area contributed by atoms with Crippen molar-refractivity contribution < 1.29 is 9.15 Å². The molecule has 102 valence electrons. The summed E-state index contributed by atoms with van der Waals surface area (Å²) in [5, 5.41) is 3.34. The van der Waals surface area contributed by atoms with Gasteiger partial charge in [0.1, 0.15) is 11.5 Å². The minimum atomic E-state index is 0.752. The first-order valence-electron chi connectivity index (χ1n) is 6.83. The number of unbranched alkanes of at least 4 members (excludes halogenated alkanes) is 1. The van der Waals surface area contributed by atoms with Gasteiger partial charge in [0, 0.05) is 6.54 Å². The smallest absolute Gasteiger partial charge is 0.119 e. The number of nitrogens with one attached hydrogen (secondary N) is 1. The van der Waals surface area contributed by atoms with E-state index in [9.17, 15) is 0 Å². The molecule has 0 aliphatic rings. The summed E-state index contributed by atoms with van der Waals surface area (Å²) in [5.74, 6) is 1.91. The van der Waals surface area contributed by atoms with Crippen LogP contribution in [0, 0.1) is 0 Å². The van der Waals surface area contributed by atoms with Crippen molar-refractivity contribution in [2.45, 2.75) is 32.9 Å². The maximum absolute atomic E-state index is 5.63. The minimum absolute atomic E-state index is 0.752. The van der Waals surface area contributed by atoms with Gasteiger partial charge < -0.3 is 14.5 Å². The van der Waals surface area contributed by atoms with Gasteiger partial charge in [0.2, 0.25) is 0 Å². The number of hydrogen-bond acceptors (Lipinski definition) is 3. The van der Waals surface area contributed by atoms with E-state index >= 15 is 0 Å². The van der Waals surface area contributed by atoms with Crippen molar-refractivity contribution in [1.82, 2.24) is 5.32 Å². The Morgan fingerprint density at radius 2 is 1.95 bits per heavy atom. The Morgan fingerprint density at radius 1 is 1.11 bits per heavy atom. The highest BCUT2D eigenvalue weighted by atomic mass is 16.5. The van der Waals surface area contributed by atoms with Crippen molar-refractivity contribution in [1.29, 1.82) is 0 Å². The third kappa shape index (κ3) is 4.79. The van der Waals surface area contributed by atoms with Gasteiger partial charge >= 0.3 is 0 Å². The van der Waals surface area contributed by atoms with Crippen LogP contribution in [-0.2, 0) is 13.1 Å². The fraction of sp³-hybridized carbons (Fsp3) is 0.375. The predicted octanol–water partition coefficient (Wildman–Crippen LogP) is 3.75. The van der Waals surface area contributed by atoms with Gasteiger partial charge in [-0.2, -0.15) is 0 Å². The van der Waals surface area contributed by atoms with Crippen LogP contribution >= 0.6 is 0 Å². The van der Waals surface area contributed by atoms with Crippen LogP contribution in [0.1, 0.15) is 31.1 Å². The van der Waals surface area contributed by atoms with Crippen LogP contribution in [0.3, 0.4) is 0 Å². The quantitative estimate of drug-likeness (QED) is 0.733. The lowest BCUT2D eigenvalue weighted by atomic mass is 10.2. The van der Waals surface area contributed by atoms with Crippen molar-refractivity contribution >= 4 is 0 Å². The third-order valence-electron chi connectivity index (χ3n) is 2.90. The van der Waals surface area contributed by atoms with E-state index in [4.69, 9.17) is 9.15 Å². The van der Waals surface area contributed by atoms with Gasteiger partial charge in [-0.25, -0.2) is 0 Å². The number of ether oxygens (including phenoxy) is 1. The van der Waals surface area contributed by atoms with Crippen molar-refractivity contribution in [2.75, 3.05) is 6.61 Å². The Morgan fingerprint density at radius 3 is 2.63 bits per heavy atom. The van der Waals surface area contributed by atoms with E-state index in [2.05, 4.69) is 24.4 Å². The molecule has 1 heterocycles. The first-order chi connectivity index (χ1) is 9.38. The first kappa shape index (κ1) is 13.7. The summed E-state index contributed by atoms with van der Waals surface area (Å²) in [7, 11) is 0. The Hall–Kier alpha value is -1.74. The van der Waals surface area contributed by atoms with Gasteiger partial charge in [0.15, 0.2) is 0 Å². The van der Waals surface area contributed by atoms with Crippen LogP contribution in [0.25, 0.3) is 0 Å². The molecule has 3 heteroatoms. The van der Waals surface area contributed by atoms with Crippen LogP contribution in [0.15, 0.2) is 47.1 Å². The highest BCUT2D eigenvalue weighted by Crippen LogP contribution is 2.12. The summed E-state index contributed by atoms with van der Waals surface area (Å²) in [5.41, 5.74) is 1.24. The second kappa shape index (κ2) is 7.64. The second-order valence-electron chi connectivity index (χ2n) is 4.53. The monoisotopic (exact) mass is 259 g/mol. The zero-order valence-corrected chi connectivity index (χ0v) is 11.4. The molecule has 2 aromatic rings. The van der Waals surface area contributed by atoms with E-state index in [1.165, 1.54) is 5.56 Å². The maximum atomic E-state index is 5.63. The standard InChI is InChI=1S/C16H21NO2/c1-2-3-10-18-15-8-6-14(7-9-15)12-17-13-16-5-4-11-19-16/h4-9,11,17H,2-3,10,12-13H2,1H3. The molecule has 19 heavy (non-hydrogen) atoms. The van der Waals surface area contributed by atoms with Gasteiger partial charge in [-0.05, 0) is 36.2 Å². The van der Waals surface area contributed by atoms with E-state index in [1.807, 2.05) is 24.3 Å². The molecule has 1 aromatic heterocycles. The SMILES string of the molecule is CCCCOc1ccc(CNCc2ccco2)cc1. The van der Waals surface area contributed by atoms with Gasteiger partial charge in [-0.1, -0.05) is 25.5 Å². The lowest BCUT2D eigenvalue weighted by Gasteiger charge is -2.07. The molecule has 3 nitrogen and oxygen atoms in total. The maximum Gasteiger partial charge on any atom is 0.119 e. The fourth-order valence-corrected chi connectivity index (χ4v) is 1.78. The van der Waals surface area contributed by atoms with E-state index in [0.29, 0.717) is 0 Å². The van der Waals surface area contributed by atoms with Crippen LogP contribution < -0.4 is 10.1 Å². The summed E-state index contributed by atoms with van der Waals surface area (Å²) in [6, 6.07) is 12.1. The molecule has 0 amide bonds. The lowest BCUT2D eigenvalue weighted by Crippen LogP contribution is -2.11. The summed E-state index contributed by atoms with van der Waals surface area (Å²) >= 11 is 0. The zero-order valence-electron chi connectivity index (χ0n) is 11.4. The molecule has 0 aliphatic carbocycles. The van der Waals surface area contributed by atoms with Crippen LogP contribution in [0.5, 0.6) is 5.75 Å². The zero-order chi connectivity index (χ0) is 13.3. The normalized spacial score (nSPS) is 10.6. The molecule has 0 radical (unpaired) electrons. The van der Waals surface area contributed by atoms with E-state index in [1.54, 1.807) is 6.26 Å². The number of furan rings is 1. The topological polar surface area (TPSA) is 34.4 Å². The first-order valence-corrected chi connectivity index (χ1v) is 6.83. The van der Waals surface area contributed by atoms with E-state index in [-0.39, 0.29) is 0 Å². The van der Waals surface area contributed by atoms with Gasteiger partial charge in [-0.3, -0.25) is 0 Å². The molecule has 1 N–H and O–H groups in total. The number of benzene rings is 1. The third-order valence-corrected chi connectivity index (χ3v) is 2.90. The van der Waals surface area contributed by atoms with Crippen molar-refractivity contribution in [2.24, 2.45) is 0 Å². The Balaban J connectivity index is 1.72. The van der Waals surface area contributed by atoms with E-state index < -0.39 is 0 Å². The van der Waals surface area contributed by atoms with Crippen LogP contribution in [0.4, 0.5) is 0 Å². The molecule has 0 aliphatic heterocycles. The summed E-state index contributed by atoms with van der Waals surface area (Å²) < 4.78 is 10.9. The Labute approximate surface area is 114 Å². The van der Waals surface area contributed by atoms with Gasteiger partial charge in [-0.15, -0.1) is 0 Å². The summed E-state index contributed by atoms with van der Waals surface area (Å²) in [6.07, 6.45) is 3.96. The fourth-order valence-electron chi connectivity index (χ4n) is 1.78. The molecule has 0 saturated heterocycles. The predicted molar refractivity (Wildman–Crippen MR) is 76.1 cm³/mol. The van der Waals surface area contributed by atoms with Gasteiger partial charge in [0.05, 0.1) is 19.4 Å². The molecular weight excluding hydrogens is 238 g/mol. The molecule has 0 bridgehead atoms. The Kier molecular flexibility index (Phi) is 5.50. The summed E-state index contributed by atoms with van der Waals surface area (Å²) in [4.78, 5) is 0. The second-order valence-corrected chi connectivity index (χ2v) is 4.53. The highest BCUT2D eigenvalue weighted by molar-refractivity contribution is 5.27. The Bertz CT molecular complexity index is 448. The highest BCUT2D eigenvalue weighted by Gasteiger charge is 1.97. The number of rotatable bonds is 8. The van der Waals surface area contributed by atoms with Crippen LogP contribution in [0.2, 0.25) is 0 Å². The van der Waals surface area contributed by atoms with Crippen LogP contribution in [-0.4, -0.2) is 6.61 Å². The molecule has 0 spiro atoms. The molecule has 0 fully saturated rings. The molecule has 1 aromatic carbocycles. The summed E-state index contributed by atoms with van der Waals surface area (Å²) in [6.45, 7) is 4.54. The molecule has 2 rings (SSSR count). The molecular formula is C16H21NO2. The van der Waals surface area contributed by atoms with Gasteiger partial charge in [0.25, 0.3) is 0 Å². The lowest BCUT2D eigenvalue weighted by molar-refractivity contribution is 0.309. The molecule has 0 unspecified atom stereocenters. The number of hydrogen-bond donors (Lipinski definition) is 1. The molecule has 0 saturated carbocycles. The van der Waals surface area contributed by atoms with Crippen molar-refractivity contribution in [3.63, 3.8) is 0 Å². The molecule has 0 atom stereocenters. The minimum Gasteiger partial charge on any atom is -0.494 e. The van der Waals surface area contributed by atoms with Crippen molar-refractivity contribution in [3.05, 3.63) is 54.0 Å². The average Bonchev–Trinajstić information content (AvgIpc) is 2.94.